The molecule has 0 bridgehead atoms. The van der Waals surface area contributed by atoms with Crippen LogP contribution >= 0.6 is 0 Å². The van der Waals surface area contributed by atoms with Crippen molar-refractivity contribution in [2.75, 3.05) is 19.7 Å². The van der Waals surface area contributed by atoms with E-state index in [1.807, 2.05) is 30.3 Å². The summed E-state index contributed by atoms with van der Waals surface area (Å²) in [6.45, 7) is 0.964. The van der Waals surface area contributed by atoms with Gasteiger partial charge >= 0.3 is 0 Å². The highest BCUT2D eigenvalue weighted by Crippen LogP contribution is 2.35. The van der Waals surface area contributed by atoms with E-state index in [4.69, 9.17) is 4.74 Å². The van der Waals surface area contributed by atoms with E-state index in [1.165, 1.54) is 0 Å². The molecule has 2 amide bonds. The molecule has 2 aliphatic rings. The third-order valence-electron chi connectivity index (χ3n) is 4.86. The minimum atomic E-state index is -0.214. The highest BCUT2D eigenvalue weighted by molar-refractivity contribution is 5.93. The number of pyridine rings is 1. The second kappa shape index (κ2) is 6.64. The van der Waals surface area contributed by atoms with Crippen molar-refractivity contribution < 1.29 is 14.3 Å². The van der Waals surface area contributed by atoms with Gasteiger partial charge in [-0.25, -0.2) is 0 Å². The molecule has 0 aliphatic carbocycles. The Kier molecular flexibility index (Phi) is 4.19. The van der Waals surface area contributed by atoms with Gasteiger partial charge in [-0.05, 0) is 17.7 Å². The molecule has 0 radical (unpaired) electrons. The lowest BCUT2D eigenvalue weighted by atomic mass is 9.93. The zero-order valence-corrected chi connectivity index (χ0v) is 13.7. The summed E-state index contributed by atoms with van der Waals surface area (Å²) in [4.78, 5) is 30.7. The van der Waals surface area contributed by atoms with E-state index in [-0.39, 0.29) is 36.5 Å². The molecule has 3 heterocycles. The van der Waals surface area contributed by atoms with E-state index in [0.29, 0.717) is 18.8 Å². The molecular weight excluding hydrogens is 318 g/mol. The van der Waals surface area contributed by atoms with Crippen molar-refractivity contribution in [1.82, 2.24) is 15.2 Å². The van der Waals surface area contributed by atoms with Crippen LogP contribution in [0.25, 0.3) is 0 Å². The number of hydrogen-bond acceptors (Lipinski definition) is 4. The predicted octanol–water partition coefficient (Wildman–Crippen LogP) is 1.20. The van der Waals surface area contributed by atoms with Crippen molar-refractivity contribution in [1.29, 1.82) is 0 Å². The zero-order valence-electron chi connectivity index (χ0n) is 13.7. The molecule has 0 unspecified atom stereocenters. The van der Waals surface area contributed by atoms with Crippen molar-refractivity contribution in [2.24, 2.45) is 0 Å². The maximum atomic E-state index is 13.0. The maximum absolute atomic E-state index is 13.0. The Morgan fingerprint density at radius 1 is 1.16 bits per heavy atom. The van der Waals surface area contributed by atoms with Gasteiger partial charge in [-0.3, -0.25) is 14.6 Å². The van der Waals surface area contributed by atoms with E-state index in [1.54, 1.807) is 29.3 Å². The van der Waals surface area contributed by atoms with E-state index >= 15 is 0 Å². The summed E-state index contributed by atoms with van der Waals surface area (Å²) in [6, 6.07) is 15.1. The number of amides is 2. The molecule has 2 aromatic rings. The van der Waals surface area contributed by atoms with Crippen LogP contribution in [0.2, 0.25) is 0 Å². The molecule has 25 heavy (non-hydrogen) atoms. The largest absolute Gasteiger partial charge is 0.365 e. The molecule has 2 aliphatic heterocycles. The first-order chi connectivity index (χ1) is 12.2. The van der Waals surface area contributed by atoms with Crippen LogP contribution < -0.4 is 5.32 Å². The molecule has 0 saturated carbocycles. The Labute approximate surface area is 145 Å². The molecule has 4 rings (SSSR count). The Balaban J connectivity index is 1.67. The van der Waals surface area contributed by atoms with Crippen LogP contribution in [0.4, 0.5) is 0 Å². The number of benzene rings is 1. The summed E-state index contributed by atoms with van der Waals surface area (Å²) >= 11 is 0. The van der Waals surface area contributed by atoms with Crippen LogP contribution in [-0.2, 0) is 9.53 Å². The SMILES string of the molecule is O=C1CO[C@@H]2[C@@H](c3ccccc3)CN(C(=O)c3ccccn3)[C@@H]2CN1. The molecule has 0 spiro atoms. The van der Waals surface area contributed by atoms with Gasteiger partial charge in [0.15, 0.2) is 0 Å². The summed E-state index contributed by atoms with van der Waals surface area (Å²) in [6.07, 6.45) is 1.40. The van der Waals surface area contributed by atoms with Crippen molar-refractivity contribution in [3.8, 4) is 0 Å². The van der Waals surface area contributed by atoms with E-state index in [2.05, 4.69) is 10.3 Å². The number of nitrogens with zero attached hydrogens (tertiary/aromatic N) is 2. The number of nitrogens with one attached hydrogen (secondary N) is 1. The smallest absolute Gasteiger partial charge is 0.272 e. The standard InChI is InChI=1S/C19H19N3O3/c23-17-12-25-18-14(13-6-2-1-3-7-13)11-22(16(18)10-21-17)19(24)15-8-4-5-9-20-15/h1-9,14,16,18H,10-12H2,(H,21,23)/t14-,16-,18-/m1/s1. The topological polar surface area (TPSA) is 71.5 Å². The van der Waals surface area contributed by atoms with Crippen LogP contribution in [0.15, 0.2) is 54.7 Å². The fourth-order valence-corrected chi connectivity index (χ4v) is 3.66. The van der Waals surface area contributed by atoms with Crippen LogP contribution in [0, 0.1) is 0 Å². The number of rotatable bonds is 2. The highest BCUT2D eigenvalue weighted by Gasteiger charge is 2.47. The van der Waals surface area contributed by atoms with Crippen LogP contribution in [0.1, 0.15) is 22.0 Å². The third-order valence-corrected chi connectivity index (χ3v) is 4.86. The molecule has 2 fully saturated rings. The fourth-order valence-electron chi connectivity index (χ4n) is 3.66. The molecule has 2 saturated heterocycles. The van der Waals surface area contributed by atoms with Gasteiger partial charge < -0.3 is 15.0 Å². The Morgan fingerprint density at radius 3 is 2.72 bits per heavy atom. The lowest BCUT2D eigenvalue weighted by Crippen LogP contribution is -2.45. The van der Waals surface area contributed by atoms with Crippen molar-refractivity contribution in [3.05, 3.63) is 66.0 Å². The quantitative estimate of drug-likeness (QED) is 0.894. The Bertz CT molecular complexity index is 766. The van der Waals surface area contributed by atoms with Crippen molar-refractivity contribution >= 4 is 11.8 Å². The first kappa shape index (κ1) is 15.8. The summed E-state index contributed by atoms with van der Waals surface area (Å²) in [5.74, 6) is -0.244. The van der Waals surface area contributed by atoms with Crippen LogP contribution in [0.3, 0.4) is 0 Å². The van der Waals surface area contributed by atoms with Crippen molar-refractivity contribution in [3.63, 3.8) is 0 Å². The minimum absolute atomic E-state index is 0.0239. The second-order valence-electron chi connectivity index (χ2n) is 6.34. The minimum Gasteiger partial charge on any atom is -0.365 e. The number of aromatic nitrogens is 1. The lowest BCUT2D eigenvalue weighted by molar-refractivity contribution is -0.125. The van der Waals surface area contributed by atoms with Gasteiger partial charge in [-0.15, -0.1) is 0 Å². The maximum Gasteiger partial charge on any atom is 0.272 e. The predicted molar refractivity (Wildman–Crippen MR) is 91.0 cm³/mol. The van der Waals surface area contributed by atoms with Gasteiger partial charge in [0.25, 0.3) is 5.91 Å². The number of carbonyl (C=O) groups is 2. The number of likely N-dealkylation sites (tertiary alicyclic amines) is 1. The number of fused-ring (bicyclic) bond motifs is 1. The fraction of sp³-hybridized carbons (Fsp3) is 0.316. The van der Waals surface area contributed by atoms with Crippen LogP contribution in [-0.4, -0.2) is 53.5 Å². The average Bonchev–Trinajstić information content (AvgIpc) is 2.93. The summed E-state index contributed by atoms with van der Waals surface area (Å²) in [5.41, 5.74) is 1.52. The molecule has 1 aromatic carbocycles. The molecule has 6 nitrogen and oxygen atoms in total. The zero-order chi connectivity index (χ0) is 17.2. The van der Waals surface area contributed by atoms with Gasteiger partial charge in [0.2, 0.25) is 5.91 Å². The molecule has 6 heteroatoms. The number of carbonyl (C=O) groups excluding carboxylic acids is 2. The third kappa shape index (κ3) is 3.00. The number of ether oxygens (including phenoxy) is 1. The first-order valence-corrected chi connectivity index (χ1v) is 8.39. The Hall–Kier alpha value is -2.73. The van der Waals surface area contributed by atoms with E-state index in [9.17, 15) is 9.59 Å². The molecule has 128 valence electrons. The van der Waals surface area contributed by atoms with Gasteiger partial charge in [0.05, 0.1) is 12.1 Å². The van der Waals surface area contributed by atoms with E-state index < -0.39 is 0 Å². The average molecular weight is 337 g/mol. The molecule has 3 atom stereocenters. The summed E-state index contributed by atoms with van der Waals surface area (Å²) in [7, 11) is 0. The lowest BCUT2D eigenvalue weighted by Gasteiger charge is -2.26. The first-order valence-electron chi connectivity index (χ1n) is 8.39. The van der Waals surface area contributed by atoms with Gasteiger partial charge in [-0.2, -0.15) is 0 Å². The van der Waals surface area contributed by atoms with Crippen molar-refractivity contribution in [2.45, 2.75) is 18.1 Å². The van der Waals surface area contributed by atoms with Gasteiger partial charge in [0, 0.05) is 25.2 Å². The molecular formula is C19H19N3O3. The summed E-state index contributed by atoms with van der Waals surface area (Å²) < 4.78 is 5.90. The second-order valence-corrected chi connectivity index (χ2v) is 6.34. The number of hydrogen-bond donors (Lipinski definition) is 1. The summed E-state index contributed by atoms with van der Waals surface area (Å²) in [5, 5.41) is 2.85. The van der Waals surface area contributed by atoms with Crippen LogP contribution in [0.5, 0.6) is 0 Å². The Morgan fingerprint density at radius 2 is 1.96 bits per heavy atom. The molecule has 1 aromatic heterocycles. The monoisotopic (exact) mass is 337 g/mol. The molecule has 1 N–H and O–H groups in total. The van der Waals surface area contributed by atoms with E-state index in [0.717, 1.165) is 5.56 Å². The normalized spacial score (nSPS) is 25.8. The van der Waals surface area contributed by atoms with Gasteiger partial charge in [0.1, 0.15) is 12.3 Å². The van der Waals surface area contributed by atoms with Gasteiger partial charge in [-0.1, -0.05) is 36.4 Å². The highest BCUT2D eigenvalue weighted by atomic mass is 16.5.